The van der Waals surface area contributed by atoms with Crippen molar-refractivity contribution in [2.24, 2.45) is 0 Å². The van der Waals surface area contributed by atoms with E-state index in [2.05, 4.69) is 5.48 Å². The summed E-state index contributed by atoms with van der Waals surface area (Å²) in [5.41, 5.74) is 3.50. The number of aldehydes is 1. The van der Waals surface area contributed by atoms with Crippen molar-refractivity contribution >= 4 is 41.2 Å². The van der Waals surface area contributed by atoms with Gasteiger partial charge in [0.15, 0.2) is 34.3 Å². The third-order valence-corrected chi connectivity index (χ3v) is 6.69. The van der Waals surface area contributed by atoms with Crippen LogP contribution in [-0.4, -0.2) is 69.0 Å². The Labute approximate surface area is 260 Å². The highest BCUT2D eigenvalue weighted by Gasteiger charge is 2.27. The van der Waals surface area contributed by atoms with Crippen LogP contribution in [0.2, 0.25) is 0 Å². The number of carboxylic acid groups (broad SMARTS) is 1. The number of aliphatic carboxylic acids is 1. The van der Waals surface area contributed by atoms with E-state index in [0.717, 1.165) is 6.08 Å². The van der Waals surface area contributed by atoms with Crippen LogP contribution in [0.1, 0.15) is 24.0 Å². The number of aromatic hydroxyl groups is 4. The standard InChI is InChI=1S/C32H29NO13/c1-43-27-12-17(2-7-23(27)36)13-28(32(42)46-33-20(16-34)6-10-29(39)40)44-30(41)11-5-18-3-9-24(37)31-21(18)15-26(45-31)19-4-8-22(35)25(38)14-19/h2-5,7-9,11-12,14-16,20,28,33,35-38H,6,10,13H2,1H3,(H,39,40)/b11-5+/t20-,28?/m0/s1. The van der Waals surface area contributed by atoms with Gasteiger partial charge in [0.2, 0.25) is 6.10 Å². The van der Waals surface area contributed by atoms with E-state index in [0.29, 0.717) is 28.4 Å². The summed E-state index contributed by atoms with van der Waals surface area (Å²) in [6.07, 6.45) is 0.422. The highest BCUT2D eigenvalue weighted by atomic mass is 16.7. The largest absolute Gasteiger partial charge is 0.504 e. The Morgan fingerprint density at radius 1 is 0.935 bits per heavy atom. The predicted molar refractivity (Wildman–Crippen MR) is 160 cm³/mol. The first-order valence-electron chi connectivity index (χ1n) is 13.6. The van der Waals surface area contributed by atoms with Crippen molar-refractivity contribution in [2.75, 3.05) is 7.11 Å². The average Bonchev–Trinajstić information content (AvgIpc) is 3.49. The number of carbonyl (C=O) groups excluding carboxylic acids is 3. The van der Waals surface area contributed by atoms with Gasteiger partial charge in [0.05, 0.1) is 13.2 Å². The minimum atomic E-state index is -1.56. The van der Waals surface area contributed by atoms with Gasteiger partial charge in [0.25, 0.3) is 0 Å². The van der Waals surface area contributed by atoms with Gasteiger partial charge < -0.3 is 49.1 Å². The van der Waals surface area contributed by atoms with Crippen molar-refractivity contribution in [2.45, 2.75) is 31.4 Å². The number of phenolic OH excluding ortho intramolecular Hbond substituents is 4. The maximum Gasteiger partial charge on any atom is 0.366 e. The number of rotatable bonds is 14. The van der Waals surface area contributed by atoms with E-state index in [1.165, 1.54) is 61.7 Å². The summed E-state index contributed by atoms with van der Waals surface area (Å²) in [5.74, 6) is -3.93. The number of methoxy groups -OCH3 is 1. The fraction of sp³-hybridized carbons (Fsp3) is 0.188. The summed E-state index contributed by atoms with van der Waals surface area (Å²) in [5, 5.41) is 49.0. The average molecular weight is 636 g/mol. The Morgan fingerprint density at radius 2 is 1.67 bits per heavy atom. The molecule has 1 aromatic heterocycles. The maximum atomic E-state index is 13.0. The number of hydroxylamine groups is 1. The molecule has 0 saturated carbocycles. The fourth-order valence-corrected chi connectivity index (χ4v) is 4.30. The summed E-state index contributed by atoms with van der Waals surface area (Å²) >= 11 is 0. The molecule has 0 fully saturated rings. The fourth-order valence-electron chi connectivity index (χ4n) is 4.30. The maximum absolute atomic E-state index is 13.0. The molecule has 3 aromatic carbocycles. The first-order valence-corrected chi connectivity index (χ1v) is 13.6. The van der Waals surface area contributed by atoms with Crippen LogP contribution in [-0.2, 0) is 35.2 Å². The Bertz CT molecular complexity index is 1790. The third-order valence-electron chi connectivity index (χ3n) is 6.69. The number of ether oxygens (including phenoxy) is 2. The van der Waals surface area contributed by atoms with Crippen LogP contribution in [0.15, 0.2) is 65.1 Å². The number of esters is 1. The lowest BCUT2D eigenvalue weighted by molar-refractivity contribution is -0.172. The Morgan fingerprint density at radius 3 is 2.37 bits per heavy atom. The second-order valence-electron chi connectivity index (χ2n) is 9.91. The van der Waals surface area contributed by atoms with E-state index in [4.69, 9.17) is 23.8 Å². The van der Waals surface area contributed by atoms with Crippen LogP contribution >= 0.6 is 0 Å². The topological polar surface area (TPSA) is 222 Å². The van der Waals surface area contributed by atoms with E-state index < -0.39 is 30.1 Å². The molecule has 2 atom stereocenters. The molecule has 4 aromatic rings. The quantitative estimate of drug-likeness (QED) is 0.0383. The van der Waals surface area contributed by atoms with Gasteiger partial charge in [-0.25, -0.2) is 9.59 Å². The molecule has 240 valence electrons. The van der Waals surface area contributed by atoms with Crippen LogP contribution in [0.4, 0.5) is 0 Å². The number of nitrogens with one attached hydrogen (secondary N) is 1. The Hall–Kier alpha value is -6.02. The number of phenols is 4. The van der Waals surface area contributed by atoms with Gasteiger partial charge in [-0.2, -0.15) is 0 Å². The lowest BCUT2D eigenvalue weighted by Crippen LogP contribution is -2.39. The van der Waals surface area contributed by atoms with Crippen LogP contribution in [0.25, 0.3) is 28.4 Å². The highest BCUT2D eigenvalue weighted by Crippen LogP contribution is 2.38. The van der Waals surface area contributed by atoms with Crippen LogP contribution in [0.3, 0.4) is 0 Å². The number of fused-ring (bicyclic) bond motifs is 1. The molecule has 46 heavy (non-hydrogen) atoms. The van der Waals surface area contributed by atoms with Crippen molar-refractivity contribution < 1.29 is 63.4 Å². The molecule has 0 amide bonds. The van der Waals surface area contributed by atoms with Crippen molar-refractivity contribution in [1.82, 2.24) is 5.48 Å². The molecule has 0 aliphatic carbocycles. The van der Waals surface area contributed by atoms with Crippen LogP contribution in [0, 0.1) is 0 Å². The molecule has 0 bridgehead atoms. The first kappa shape index (κ1) is 32.9. The lowest BCUT2D eigenvalue weighted by Gasteiger charge is -2.18. The monoisotopic (exact) mass is 635 g/mol. The molecule has 14 heteroatoms. The Kier molecular flexibility index (Phi) is 10.5. The molecule has 0 aliphatic heterocycles. The summed E-state index contributed by atoms with van der Waals surface area (Å²) in [6.45, 7) is 0. The molecule has 0 radical (unpaired) electrons. The minimum absolute atomic E-state index is 0.0829. The predicted octanol–water partition coefficient (Wildman–Crippen LogP) is 3.58. The number of hydrogen-bond donors (Lipinski definition) is 6. The minimum Gasteiger partial charge on any atom is -0.504 e. The van der Waals surface area contributed by atoms with Crippen LogP contribution in [0.5, 0.6) is 28.7 Å². The molecule has 14 nitrogen and oxygen atoms in total. The van der Waals surface area contributed by atoms with E-state index >= 15 is 0 Å². The van der Waals surface area contributed by atoms with Gasteiger partial charge in [-0.15, -0.1) is 5.48 Å². The molecule has 4 rings (SSSR count). The second-order valence-corrected chi connectivity index (χ2v) is 9.91. The van der Waals surface area contributed by atoms with E-state index in [1.807, 2.05) is 0 Å². The molecule has 0 aliphatic rings. The van der Waals surface area contributed by atoms with Gasteiger partial charge >= 0.3 is 17.9 Å². The van der Waals surface area contributed by atoms with Crippen molar-refractivity contribution in [3.8, 4) is 40.1 Å². The number of carbonyl (C=O) groups is 4. The molecular weight excluding hydrogens is 606 g/mol. The Balaban J connectivity index is 1.55. The van der Waals surface area contributed by atoms with Crippen LogP contribution < -0.4 is 10.2 Å². The number of hydrogen-bond acceptors (Lipinski definition) is 13. The smallest absolute Gasteiger partial charge is 0.366 e. The van der Waals surface area contributed by atoms with Gasteiger partial charge in [-0.3, -0.25) is 4.79 Å². The lowest BCUT2D eigenvalue weighted by atomic mass is 10.1. The molecule has 0 spiro atoms. The van der Waals surface area contributed by atoms with E-state index in [-0.39, 0.29) is 59.4 Å². The number of carboxylic acids is 1. The zero-order valence-corrected chi connectivity index (χ0v) is 24.2. The molecular formula is C32H29NO13. The zero-order chi connectivity index (χ0) is 33.4. The summed E-state index contributed by atoms with van der Waals surface area (Å²) in [7, 11) is 1.33. The summed E-state index contributed by atoms with van der Waals surface area (Å²) < 4.78 is 16.2. The molecule has 1 unspecified atom stereocenters. The highest BCUT2D eigenvalue weighted by molar-refractivity contribution is 5.97. The zero-order valence-electron chi connectivity index (χ0n) is 24.2. The SMILES string of the molecule is COc1cc(CC(OC(=O)/C=C/c2ccc(O)c3oc(-c4ccc(O)c(O)c4)cc23)C(=O)ON[C@H](C=O)CCC(=O)O)ccc1O. The van der Waals surface area contributed by atoms with E-state index in [9.17, 15) is 39.6 Å². The van der Waals surface area contributed by atoms with Crippen molar-refractivity contribution in [3.63, 3.8) is 0 Å². The van der Waals surface area contributed by atoms with Gasteiger partial charge in [0.1, 0.15) is 12.0 Å². The first-order chi connectivity index (χ1) is 22.0. The molecule has 6 N–H and O–H groups in total. The van der Waals surface area contributed by atoms with Crippen molar-refractivity contribution in [3.05, 3.63) is 71.8 Å². The number of benzene rings is 3. The van der Waals surface area contributed by atoms with Crippen molar-refractivity contribution in [1.29, 1.82) is 0 Å². The summed E-state index contributed by atoms with van der Waals surface area (Å²) in [4.78, 5) is 53.0. The third kappa shape index (κ3) is 8.12. The molecule has 1 heterocycles. The van der Waals surface area contributed by atoms with Gasteiger partial charge in [0, 0.05) is 29.9 Å². The normalized spacial score (nSPS) is 12.5. The van der Waals surface area contributed by atoms with E-state index in [1.54, 1.807) is 6.07 Å². The van der Waals surface area contributed by atoms with Gasteiger partial charge in [-0.1, -0.05) is 12.1 Å². The van der Waals surface area contributed by atoms with Gasteiger partial charge in [-0.05, 0) is 66.1 Å². The molecule has 0 saturated heterocycles. The second kappa shape index (κ2) is 14.6. The summed E-state index contributed by atoms with van der Waals surface area (Å²) in [6, 6.07) is 11.5. The number of furan rings is 1.